The summed E-state index contributed by atoms with van der Waals surface area (Å²) in [7, 11) is 0. The molecule has 0 aromatic rings. The van der Waals surface area contributed by atoms with Gasteiger partial charge in [-0.1, -0.05) is 26.7 Å². The second-order valence-corrected chi connectivity index (χ2v) is 3.65. The Balaban J connectivity index is 2.24. The van der Waals surface area contributed by atoms with Gasteiger partial charge in [-0.05, 0) is 24.7 Å². The van der Waals surface area contributed by atoms with Crippen LogP contribution in [0, 0.1) is 11.8 Å². The summed E-state index contributed by atoms with van der Waals surface area (Å²) in [5, 5.41) is 0. The number of nitrogens with two attached hydrogens (primary N) is 1. The average Bonchev–Trinajstić information content (AvgIpc) is 1.82. The van der Waals surface area contributed by atoms with E-state index in [-0.39, 0.29) is 0 Å². The summed E-state index contributed by atoms with van der Waals surface area (Å²) in [6, 6.07) is 0.485. The minimum absolute atomic E-state index is 0.485. The molecule has 1 nitrogen and oxygen atoms in total. The van der Waals surface area contributed by atoms with Crippen molar-refractivity contribution < 1.29 is 0 Å². The van der Waals surface area contributed by atoms with Crippen molar-refractivity contribution in [1.29, 1.82) is 0 Å². The van der Waals surface area contributed by atoms with Gasteiger partial charge in [0, 0.05) is 6.04 Å². The molecule has 0 aromatic carbocycles. The fourth-order valence-electron chi connectivity index (χ4n) is 1.56. The van der Waals surface area contributed by atoms with E-state index in [1.165, 1.54) is 25.7 Å². The van der Waals surface area contributed by atoms with Gasteiger partial charge in [-0.2, -0.15) is 0 Å². The molecule has 2 atom stereocenters. The van der Waals surface area contributed by atoms with Crippen LogP contribution in [0.3, 0.4) is 0 Å². The molecule has 10 heavy (non-hydrogen) atoms. The normalized spacial score (nSPS) is 25.5. The molecule has 0 saturated heterocycles. The predicted molar refractivity (Wildman–Crippen MR) is 44.8 cm³/mol. The van der Waals surface area contributed by atoms with Gasteiger partial charge in [-0.25, -0.2) is 0 Å². The maximum Gasteiger partial charge on any atom is 0.00928 e. The zero-order chi connectivity index (χ0) is 7.56. The second-order valence-electron chi connectivity index (χ2n) is 3.65. The first-order chi connectivity index (χ1) is 4.75. The lowest BCUT2D eigenvalue weighted by Gasteiger charge is -2.34. The summed E-state index contributed by atoms with van der Waals surface area (Å²) in [6.07, 6.45) is 5.41. The lowest BCUT2D eigenvalue weighted by molar-refractivity contribution is 0.212. The van der Waals surface area contributed by atoms with E-state index in [0.717, 1.165) is 11.8 Å². The van der Waals surface area contributed by atoms with Crippen LogP contribution in [0.15, 0.2) is 0 Å². The molecule has 2 N–H and O–H groups in total. The van der Waals surface area contributed by atoms with E-state index >= 15 is 0 Å². The second kappa shape index (κ2) is 3.38. The van der Waals surface area contributed by atoms with Crippen molar-refractivity contribution in [3.63, 3.8) is 0 Å². The van der Waals surface area contributed by atoms with Crippen LogP contribution in [0.4, 0.5) is 0 Å². The molecule has 0 aliphatic heterocycles. The maximum atomic E-state index is 6.03. The standard InChI is InChI=1S/C9H19N/c1-3-7(2)9(10)8-5-4-6-8/h7-9H,3-6,10H2,1-2H3. The first-order valence-corrected chi connectivity index (χ1v) is 4.51. The molecule has 0 radical (unpaired) electrons. The molecular weight excluding hydrogens is 122 g/mol. The first kappa shape index (κ1) is 8.06. The topological polar surface area (TPSA) is 26.0 Å². The van der Waals surface area contributed by atoms with Crippen molar-refractivity contribution in [1.82, 2.24) is 0 Å². The van der Waals surface area contributed by atoms with Crippen molar-refractivity contribution in [3.8, 4) is 0 Å². The highest BCUT2D eigenvalue weighted by atomic mass is 14.7. The summed E-state index contributed by atoms with van der Waals surface area (Å²) < 4.78 is 0. The monoisotopic (exact) mass is 141 g/mol. The molecule has 1 fully saturated rings. The summed E-state index contributed by atoms with van der Waals surface area (Å²) in [5.74, 6) is 1.58. The molecular formula is C9H19N. The zero-order valence-corrected chi connectivity index (χ0v) is 7.14. The largest absolute Gasteiger partial charge is 0.327 e. The Morgan fingerprint density at radius 2 is 2.10 bits per heavy atom. The Morgan fingerprint density at radius 1 is 1.50 bits per heavy atom. The lowest BCUT2D eigenvalue weighted by atomic mass is 9.75. The van der Waals surface area contributed by atoms with Crippen molar-refractivity contribution in [3.05, 3.63) is 0 Å². The molecule has 1 rings (SSSR count). The average molecular weight is 141 g/mol. The van der Waals surface area contributed by atoms with Crippen LogP contribution in [0.25, 0.3) is 0 Å². The fraction of sp³-hybridized carbons (Fsp3) is 1.00. The van der Waals surface area contributed by atoms with E-state index in [0.29, 0.717) is 6.04 Å². The summed E-state index contributed by atoms with van der Waals surface area (Å²) in [4.78, 5) is 0. The van der Waals surface area contributed by atoms with E-state index in [2.05, 4.69) is 13.8 Å². The number of hydrogen-bond acceptors (Lipinski definition) is 1. The molecule has 0 spiro atoms. The molecule has 0 bridgehead atoms. The number of rotatable bonds is 3. The Bertz CT molecular complexity index is 92.1. The van der Waals surface area contributed by atoms with E-state index in [9.17, 15) is 0 Å². The third kappa shape index (κ3) is 1.51. The molecule has 2 unspecified atom stereocenters. The SMILES string of the molecule is CCC(C)C(N)C1CCC1. The summed E-state index contributed by atoms with van der Waals surface area (Å²) in [5.41, 5.74) is 6.03. The van der Waals surface area contributed by atoms with Crippen molar-refractivity contribution in [2.45, 2.75) is 45.6 Å². The van der Waals surface area contributed by atoms with Crippen LogP contribution >= 0.6 is 0 Å². The van der Waals surface area contributed by atoms with E-state index < -0.39 is 0 Å². The lowest BCUT2D eigenvalue weighted by Crippen LogP contribution is -2.39. The van der Waals surface area contributed by atoms with Gasteiger partial charge in [0.15, 0.2) is 0 Å². The molecule has 1 aliphatic carbocycles. The molecule has 1 aliphatic rings. The highest BCUT2D eigenvalue weighted by Crippen LogP contribution is 2.32. The Kier molecular flexibility index (Phi) is 2.72. The van der Waals surface area contributed by atoms with E-state index in [1.807, 2.05) is 0 Å². The Hall–Kier alpha value is -0.0400. The van der Waals surface area contributed by atoms with Gasteiger partial charge in [0.2, 0.25) is 0 Å². The van der Waals surface area contributed by atoms with Crippen molar-refractivity contribution >= 4 is 0 Å². The van der Waals surface area contributed by atoms with Crippen LogP contribution in [0.2, 0.25) is 0 Å². The predicted octanol–water partition coefficient (Wildman–Crippen LogP) is 2.16. The van der Waals surface area contributed by atoms with Gasteiger partial charge in [0.25, 0.3) is 0 Å². The zero-order valence-electron chi connectivity index (χ0n) is 7.14. The summed E-state index contributed by atoms with van der Waals surface area (Å²) >= 11 is 0. The van der Waals surface area contributed by atoms with E-state index in [4.69, 9.17) is 5.73 Å². The molecule has 1 heteroatoms. The van der Waals surface area contributed by atoms with Crippen LogP contribution in [0.5, 0.6) is 0 Å². The summed E-state index contributed by atoms with van der Waals surface area (Å²) in [6.45, 7) is 4.49. The third-order valence-corrected chi connectivity index (χ3v) is 3.00. The fourth-order valence-corrected chi connectivity index (χ4v) is 1.56. The Morgan fingerprint density at radius 3 is 2.40 bits per heavy atom. The van der Waals surface area contributed by atoms with Gasteiger partial charge in [0.1, 0.15) is 0 Å². The molecule has 1 saturated carbocycles. The van der Waals surface area contributed by atoms with Crippen LogP contribution in [0.1, 0.15) is 39.5 Å². The van der Waals surface area contributed by atoms with Gasteiger partial charge >= 0.3 is 0 Å². The van der Waals surface area contributed by atoms with Gasteiger partial charge < -0.3 is 5.73 Å². The maximum absolute atomic E-state index is 6.03. The highest BCUT2D eigenvalue weighted by Gasteiger charge is 2.26. The van der Waals surface area contributed by atoms with Crippen LogP contribution in [-0.4, -0.2) is 6.04 Å². The highest BCUT2D eigenvalue weighted by molar-refractivity contribution is 4.82. The third-order valence-electron chi connectivity index (χ3n) is 3.00. The quantitative estimate of drug-likeness (QED) is 0.640. The minimum Gasteiger partial charge on any atom is -0.327 e. The molecule has 0 heterocycles. The smallest absolute Gasteiger partial charge is 0.00928 e. The molecule has 60 valence electrons. The van der Waals surface area contributed by atoms with Gasteiger partial charge in [0.05, 0.1) is 0 Å². The minimum atomic E-state index is 0.485. The molecule has 0 aromatic heterocycles. The van der Waals surface area contributed by atoms with Crippen molar-refractivity contribution in [2.75, 3.05) is 0 Å². The van der Waals surface area contributed by atoms with Gasteiger partial charge in [-0.3, -0.25) is 0 Å². The molecule has 0 amide bonds. The van der Waals surface area contributed by atoms with Crippen LogP contribution < -0.4 is 5.73 Å². The first-order valence-electron chi connectivity index (χ1n) is 4.51. The van der Waals surface area contributed by atoms with Crippen LogP contribution in [-0.2, 0) is 0 Å². The van der Waals surface area contributed by atoms with E-state index in [1.54, 1.807) is 0 Å². The number of hydrogen-bond donors (Lipinski definition) is 1. The Labute approximate surface area is 64.0 Å². The van der Waals surface area contributed by atoms with Gasteiger partial charge in [-0.15, -0.1) is 0 Å². The van der Waals surface area contributed by atoms with Crippen molar-refractivity contribution in [2.24, 2.45) is 17.6 Å².